The largest absolute Gasteiger partial charge is 0.486 e. The Morgan fingerprint density at radius 2 is 1.77 bits per heavy atom. The minimum atomic E-state index is 0.229. The van der Waals surface area contributed by atoms with Gasteiger partial charge in [0.15, 0.2) is 11.5 Å². The molecule has 0 aromatic heterocycles. The molecule has 2 aromatic carbocycles. The van der Waals surface area contributed by atoms with Gasteiger partial charge in [-0.1, -0.05) is 36.4 Å². The van der Waals surface area contributed by atoms with Gasteiger partial charge in [0, 0.05) is 26.2 Å². The molecule has 1 fully saturated rings. The first-order valence-electron chi connectivity index (χ1n) is 11.0. The summed E-state index contributed by atoms with van der Waals surface area (Å²) in [6.07, 6.45) is 6.06. The molecule has 5 heteroatoms. The van der Waals surface area contributed by atoms with Crippen LogP contribution in [0.4, 0.5) is 5.69 Å². The van der Waals surface area contributed by atoms with Crippen molar-refractivity contribution in [3.8, 4) is 11.5 Å². The monoisotopic (exact) mass is 404 g/mol. The van der Waals surface area contributed by atoms with Gasteiger partial charge in [-0.15, -0.1) is 0 Å². The van der Waals surface area contributed by atoms with Crippen LogP contribution in [0.3, 0.4) is 0 Å². The summed E-state index contributed by atoms with van der Waals surface area (Å²) in [7, 11) is 0. The number of allylic oxidation sites excluding steroid dienone is 1. The lowest BCUT2D eigenvalue weighted by atomic mass is 9.96. The van der Waals surface area contributed by atoms with Crippen molar-refractivity contribution in [2.75, 3.05) is 44.3 Å². The van der Waals surface area contributed by atoms with Gasteiger partial charge in [0.1, 0.15) is 13.2 Å². The molecular formula is C25H28N2O3. The van der Waals surface area contributed by atoms with Gasteiger partial charge in [-0.05, 0) is 48.1 Å². The number of carbonyl (C=O) groups excluding carboxylic acids is 1. The number of nitrogens with zero attached hydrogens (tertiary/aromatic N) is 2. The van der Waals surface area contributed by atoms with Gasteiger partial charge in [-0.25, -0.2) is 0 Å². The fraction of sp³-hybridized carbons (Fsp3) is 0.400. The lowest BCUT2D eigenvalue weighted by Crippen LogP contribution is -2.49. The number of ether oxygens (including phenoxy) is 2. The topological polar surface area (TPSA) is 42.0 Å². The molecule has 1 aliphatic carbocycles. The van der Waals surface area contributed by atoms with E-state index in [0.717, 1.165) is 62.6 Å². The van der Waals surface area contributed by atoms with Crippen LogP contribution in [-0.4, -0.2) is 50.2 Å². The second kappa shape index (κ2) is 8.42. The van der Waals surface area contributed by atoms with E-state index in [9.17, 15) is 4.79 Å². The summed E-state index contributed by atoms with van der Waals surface area (Å²) < 4.78 is 11.6. The normalized spacial score (nSPS) is 18.3. The summed E-state index contributed by atoms with van der Waals surface area (Å²) in [5, 5.41) is 0. The third-order valence-corrected chi connectivity index (χ3v) is 6.26. The number of anilines is 1. The molecule has 5 nitrogen and oxygen atoms in total. The maximum absolute atomic E-state index is 13.1. The third kappa shape index (κ3) is 3.76. The van der Waals surface area contributed by atoms with Crippen LogP contribution in [0.15, 0.2) is 48.5 Å². The number of rotatable bonds is 3. The number of para-hydroxylation sites is 1. The van der Waals surface area contributed by atoms with Crippen LogP contribution >= 0.6 is 0 Å². The third-order valence-electron chi connectivity index (χ3n) is 6.26. The van der Waals surface area contributed by atoms with Crippen molar-refractivity contribution in [2.24, 2.45) is 0 Å². The van der Waals surface area contributed by atoms with Crippen molar-refractivity contribution in [3.05, 3.63) is 59.7 Å². The van der Waals surface area contributed by atoms with E-state index >= 15 is 0 Å². The van der Waals surface area contributed by atoms with Crippen LogP contribution in [0.5, 0.6) is 11.5 Å². The summed E-state index contributed by atoms with van der Waals surface area (Å²) in [6.45, 7) is 4.26. The van der Waals surface area contributed by atoms with Crippen LogP contribution in [0.2, 0.25) is 0 Å². The summed E-state index contributed by atoms with van der Waals surface area (Å²) in [5.74, 6) is 1.88. The van der Waals surface area contributed by atoms with E-state index in [1.807, 2.05) is 17.0 Å². The van der Waals surface area contributed by atoms with Crippen molar-refractivity contribution in [1.29, 1.82) is 0 Å². The Labute approximate surface area is 177 Å². The molecule has 1 amide bonds. The predicted octanol–water partition coefficient (Wildman–Crippen LogP) is 3.92. The van der Waals surface area contributed by atoms with Crippen LogP contribution in [0.25, 0.3) is 5.57 Å². The minimum Gasteiger partial charge on any atom is -0.486 e. The molecule has 2 aromatic rings. The summed E-state index contributed by atoms with van der Waals surface area (Å²) in [5.41, 5.74) is 4.89. The molecule has 0 radical (unpaired) electrons. The molecule has 0 spiro atoms. The Morgan fingerprint density at radius 1 is 0.933 bits per heavy atom. The second-order valence-electron chi connectivity index (χ2n) is 8.12. The van der Waals surface area contributed by atoms with Crippen LogP contribution in [-0.2, 0) is 11.2 Å². The number of hydrogen-bond acceptors (Lipinski definition) is 4. The van der Waals surface area contributed by atoms with Gasteiger partial charge in [0.05, 0.1) is 12.1 Å². The molecule has 0 N–H and O–H groups in total. The molecule has 0 unspecified atom stereocenters. The molecule has 2 heterocycles. The van der Waals surface area contributed by atoms with E-state index in [4.69, 9.17) is 9.47 Å². The highest BCUT2D eigenvalue weighted by Gasteiger charge is 2.26. The van der Waals surface area contributed by atoms with Crippen LogP contribution in [0.1, 0.15) is 30.4 Å². The maximum atomic E-state index is 13.1. The number of amides is 1. The number of hydrogen-bond donors (Lipinski definition) is 0. The Bertz CT molecular complexity index is 961. The van der Waals surface area contributed by atoms with E-state index in [-0.39, 0.29) is 5.91 Å². The standard InChI is InChI=1S/C25H28N2O3/c28-24(18-20-8-2-1-6-19-7-3-4-9-21(19)20)27-14-12-26(13-15-27)22-10-5-11-23-25(22)30-17-16-29-23/h3-5,7-11H,1-2,6,12-18H2. The Kier molecular flexibility index (Phi) is 5.35. The van der Waals surface area contributed by atoms with E-state index < -0.39 is 0 Å². The summed E-state index contributed by atoms with van der Waals surface area (Å²) >= 11 is 0. The van der Waals surface area contributed by atoms with Crippen molar-refractivity contribution in [1.82, 2.24) is 4.90 Å². The maximum Gasteiger partial charge on any atom is 0.227 e. The van der Waals surface area contributed by atoms with Crippen molar-refractivity contribution < 1.29 is 14.3 Å². The van der Waals surface area contributed by atoms with Gasteiger partial charge in [0.2, 0.25) is 5.91 Å². The van der Waals surface area contributed by atoms with Gasteiger partial charge >= 0.3 is 0 Å². The zero-order valence-corrected chi connectivity index (χ0v) is 17.3. The molecule has 3 aliphatic rings. The molecule has 1 saturated heterocycles. The predicted molar refractivity (Wildman–Crippen MR) is 118 cm³/mol. The zero-order chi connectivity index (χ0) is 20.3. The van der Waals surface area contributed by atoms with Crippen molar-refractivity contribution in [2.45, 2.75) is 25.7 Å². The molecule has 30 heavy (non-hydrogen) atoms. The van der Waals surface area contributed by atoms with E-state index in [0.29, 0.717) is 19.6 Å². The lowest BCUT2D eigenvalue weighted by molar-refractivity contribution is -0.130. The SMILES string of the molecule is O=C(CC1=CCCCc2ccccc21)N1CCN(c2cccc3c2OCCO3)CC1. The molecule has 0 bridgehead atoms. The van der Waals surface area contributed by atoms with Crippen molar-refractivity contribution >= 4 is 17.2 Å². The highest BCUT2D eigenvalue weighted by atomic mass is 16.6. The number of benzene rings is 2. The lowest BCUT2D eigenvalue weighted by Gasteiger charge is -2.37. The average Bonchev–Trinajstić information content (AvgIpc) is 3.01. The first kappa shape index (κ1) is 19.0. The smallest absolute Gasteiger partial charge is 0.227 e. The fourth-order valence-electron chi connectivity index (χ4n) is 4.68. The quantitative estimate of drug-likeness (QED) is 0.778. The van der Waals surface area contributed by atoms with Gasteiger partial charge < -0.3 is 19.3 Å². The number of piperazine rings is 1. The molecular weight excluding hydrogens is 376 g/mol. The number of aryl methyl sites for hydroxylation is 1. The minimum absolute atomic E-state index is 0.229. The fourth-order valence-corrected chi connectivity index (χ4v) is 4.68. The van der Waals surface area contributed by atoms with Gasteiger partial charge in [0.25, 0.3) is 0 Å². The zero-order valence-electron chi connectivity index (χ0n) is 17.3. The van der Waals surface area contributed by atoms with Crippen LogP contribution < -0.4 is 14.4 Å². The van der Waals surface area contributed by atoms with Crippen molar-refractivity contribution in [3.63, 3.8) is 0 Å². The van der Waals surface area contributed by atoms with E-state index in [2.05, 4.69) is 41.3 Å². The van der Waals surface area contributed by atoms with E-state index in [1.165, 1.54) is 16.7 Å². The number of carbonyl (C=O) groups is 1. The molecule has 0 atom stereocenters. The molecule has 5 rings (SSSR count). The Balaban J connectivity index is 1.25. The Morgan fingerprint density at radius 3 is 2.67 bits per heavy atom. The summed E-state index contributed by atoms with van der Waals surface area (Å²) in [6, 6.07) is 14.6. The number of fused-ring (bicyclic) bond motifs is 2. The molecule has 2 aliphatic heterocycles. The first-order valence-corrected chi connectivity index (χ1v) is 11.0. The average molecular weight is 405 g/mol. The van der Waals surface area contributed by atoms with Gasteiger partial charge in [-0.3, -0.25) is 4.79 Å². The highest BCUT2D eigenvalue weighted by molar-refractivity contribution is 5.89. The van der Waals surface area contributed by atoms with Gasteiger partial charge in [-0.2, -0.15) is 0 Å². The summed E-state index contributed by atoms with van der Waals surface area (Å²) in [4.78, 5) is 17.4. The highest BCUT2D eigenvalue weighted by Crippen LogP contribution is 2.39. The second-order valence-corrected chi connectivity index (χ2v) is 8.12. The first-order chi connectivity index (χ1) is 14.8. The molecule has 0 saturated carbocycles. The van der Waals surface area contributed by atoms with E-state index in [1.54, 1.807) is 0 Å². The van der Waals surface area contributed by atoms with Crippen LogP contribution in [0, 0.1) is 0 Å². The molecule has 156 valence electrons. The Hall–Kier alpha value is -2.95.